The van der Waals surface area contributed by atoms with E-state index in [1.54, 1.807) is 0 Å². The Morgan fingerprint density at radius 2 is 1.95 bits per heavy atom. The number of benzene rings is 1. The average molecular weight is 273 g/mol. The van der Waals surface area contributed by atoms with Gasteiger partial charge in [0, 0.05) is 38.3 Å². The largest absolute Gasteiger partial charge is 0.329 e. The van der Waals surface area contributed by atoms with Crippen LogP contribution in [0.4, 0.5) is 0 Å². The summed E-state index contributed by atoms with van der Waals surface area (Å²) in [5.74, 6) is 0. The number of piperidine rings is 1. The zero-order valence-electron chi connectivity index (χ0n) is 12.6. The Bertz CT molecular complexity index is 428. The Labute approximate surface area is 122 Å². The molecular weight excluding hydrogens is 246 g/mol. The van der Waals surface area contributed by atoms with Crippen molar-refractivity contribution in [2.45, 2.75) is 38.3 Å². The summed E-state index contributed by atoms with van der Waals surface area (Å²) in [6.45, 7) is 7.73. The van der Waals surface area contributed by atoms with Crippen molar-refractivity contribution in [2.24, 2.45) is 5.73 Å². The molecule has 2 atom stereocenters. The summed E-state index contributed by atoms with van der Waals surface area (Å²) in [4.78, 5) is 5.29. The predicted octanol–water partition coefficient (Wildman–Crippen LogP) is 2.16. The lowest BCUT2D eigenvalue weighted by molar-refractivity contribution is 0.0286. The summed E-state index contributed by atoms with van der Waals surface area (Å²) >= 11 is 0. The number of nitrogens with two attached hydrogens (primary N) is 1. The van der Waals surface area contributed by atoms with Crippen LogP contribution in [0.1, 0.15) is 36.4 Å². The van der Waals surface area contributed by atoms with Crippen molar-refractivity contribution >= 4 is 0 Å². The van der Waals surface area contributed by atoms with E-state index < -0.39 is 0 Å². The van der Waals surface area contributed by atoms with E-state index in [4.69, 9.17) is 5.73 Å². The van der Waals surface area contributed by atoms with Crippen LogP contribution in [0.2, 0.25) is 0 Å². The molecule has 0 bridgehead atoms. The Hall–Kier alpha value is -0.900. The van der Waals surface area contributed by atoms with Gasteiger partial charge in [-0.2, -0.15) is 0 Å². The number of piperazine rings is 1. The number of nitrogens with zero attached hydrogens (tertiary/aromatic N) is 2. The summed E-state index contributed by atoms with van der Waals surface area (Å²) in [5, 5.41) is 0. The quantitative estimate of drug-likeness (QED) is 0.916. The maximum absolute atomic E-state index is 6.09. The molecule has 2 aliphatic heterocycles. The molecule has 20 heavy (non-hydrogen) atoms. The molecule has 2 aliphatic rings. The van der Waals surface area contributed by atoms with E-state index in [9.17, 15) is 0 Å². The lowest BCUT2D eigenvalue weighted by Crippen LogP contribution is -2.56. The fraction of sp³-hybridized carbons (Fsp3) is 0.647. The van der Waals surface area contributed by atoms with Gasteiger partial charge in [-0.1, -0.05) is 36.2 Å². The summed E-state index contributed by atoms with van der Waals surface area (Å²) in [6, 6.07) is 10.1. The molecular formula is C17H27N3. The first-order valence-electron chi connectivity index (χ1n) is 8.02. The third-order valence-electron chi connectivity index (χ3n) is 4.99. The molecule has 1 aromatic carbocycles. The molecule has 2 unspecified atom stereocenters. The lowest BCUT2D eigenvalue weighted by Gasteiger charge is -2.46. The zero-order chi connectivity index (χ0) is 13.9. The van der Waals surface area contributed by atoms with E-state index in [-0.39, 0.29) is 0 Å². The number of rotatable bonds is 3. The molecule has 3 heteroatoms. The monoisotopic (exact) mass is 273 g/mol. The van der Waals surface area contributed by atoms with Crippen molar-refractivity contribution in [1.82, 2.24) is 9.80 Å². The van der Waals surface area contributed by atoms with Crippen molar-refractivity contribution in [2.75, 3.05) is 32.7 Å². The molecule has 2 saturated heterocycles. The van der Waals surface area contributed by atoms with Gasteiger partial charge in [-0.25, -0.2) is 0 Å². The molecule has 110 valence electrons. The second-order valence-electron chi connectivity index (χ2n) is 6.34. The molecule has 2 heterocycles. The van der Waals surface area contributed by atoms with E-state index in [1.165, 1.54) is 50.0 Å². The highest BCUT2D eigenvalue weighted by Gasteiger charge is 2.32. The van der Waals surface area contributed by atoms with Crippen LogP contribution in [0, 0.1) is 6.92 Å². The van der Waals surface area contributed by atoms with Crippen molar-refractivity contribution in [3.63, 3.8) is 0 Å². The minimum absolute atomic E-state index is 0.389. The van der Waals surface area contributed by atoms with Crippen LogP contribution in [-0.4, -0.2) is 48.6 Å². The van der Waals surface area contributed by atoms with Crippen molar-refractivity contribution < 1.29 is 0 Å². The zero-order valence-corrected chi connectivity index (χ0v) is 12.6. The molecule has 0 saturated carbocycles. The van der Waals surface area contributed by atoms with E-state index in [2.05, 4.69) is 41.0 Å². The molecule has 0 amide bonds. The molecule has 2 N–H and O–H groups in total. The third kappa shape index (κ3) is 2.90. The average Bonchev–Trinajstić information content (AvgIpc) is 2.50. The Morgan fingerprint density at radius 3 is 2.70 bits per heavy atom. The van der Waals surface area contributed by atoms with Gasteiger partial charge in [-0.15, -0.1) is 0 Å². The number of fused-ring (bicyclic) bond motifs is 1. The smallest absolute Gasteiger partial charge is 0.0471 e. The second kappa shape index (κ2) is 6.25. The van der Waals surface area contributed by atoms with E-state index in [1.807, 2.05) is 0 Å². The van der Waals surface area contributed by atoms with Gasteiger partial charge < -0.3 is 5.73 Å². The minimum atomic E-state index is 0.389. The highest BCUT2D eigenvalue weighted by molar-refractivity contribution is 5.24. The number of hydrogen-bond acceptors (Lipinski definition) is 3. The normalized spacial score (nSPS) is 26.2. The summed E-state index contributed by atoms with van der Waals surface area (Å²) in [7, 11) is 0. The summed E-state index contributed by atoms with van der Waals surface area (Å²) in [5.41, 5.74) is 8.78. The van der Waals surface area contributed by atoms with Gasteiger partial charge >= 0.3 is 0 Å². The molecule has 3 nitrogen and oxygen atoms in total. The van der Waals surface area contributed by atoms with E-state index in [0.717, 1.165) is 19.1 Å². The molecule has 0 spiro atoms. The SMILES string of the molecule is Cc1ccc(C(CN)N2CCN3CCCCC3C2)cc1. The van der Waals surface area contributed by atoms with Crippen LogP contribution in [-0.2, 0) is 0 Å². The topological polar surface area (TPSA) is 32.5 Å². The van der Waals surface area contributed by atoms with Crippen molar-refractivity contribution in [1.29, 1.82) is 0 Å². The van der Waals surface area contributed by atoms with Crippen LogP contribution < -0.4 is 5.73 Å². The number of hydrogen-bond donors (Lipinski definition) is 1. The maximum Gasteiger partial charge on any atom is 0.0471 e. The second-order valence-corrected chi connectivity index (χ2v) is 6.34. The van der Waals surface area contributed by atoms with Crippen molar-refractivity contribution in [3.8, 4) is 0 Å². The molecule has 2 fully saturated rings. The van der Waals surface area contributed by atoms with E-state index >= 15 is 0 Å². The van der Waals surface area contributed by atoms with Crippen LogP contribution in [0.25, 0.3) is 0 Å². The first-order chi connectivity index (χ1) is 9.78. The molecule has 0 aliphatic carbocycles. The lowest BCUT2D eigenvalue weighted by atomic mass is 9.96. The maximum atomic E-state index is 6.09. The van der Waals surface area contributed by atoms with Gasteiger partial charge in [0.2, 0.25) is 0 Å². The van der Waals surface area contributed by atoms with Gasteiger partial charge in [0.15, 0.2) is 0 Å². The predicted molar refractivity (Wildman–Crippen MR) is 83.8 cm³/mol. The van der Waals surface area contributed by atoms with Crippen LogP contribution in [0.3, 0.4) is 0 Å². The molecule has 3 rings (SSSR count). The first-order valence-corrected chi connectivity index (χ1v) is 8.02. The fourth-order valence-corrected chi connectivity index (χ4v) is 3.75. The van der Waals surface area contributed by atoms with Gasteiger partial charge in [-0.3, -0.25) is 9.80 Å². The van der Waals surface area contributed by atoms with Gasteiger partial charge in [0.25, 0.3) is 0 Å². The van der Waals surface area contributed by atoms with Gasteiger partial charge in [0.1, 0.15) is 0 Å². The van der Waals surface area contributed by atoms with Crippen LogP contribution >= 0.6 is 0 Å². The van der Waals surface area contributed by atoms with Gasteiger partial charge in [-0.05, 0) is 31.9 Å². The Balaban J connectivity index is 1.71. The van der Waals surface area contributed by atoms with E-state index in [0.29, 0.717) is 6.04 Å². The van der Waals surface area contributed by atoms with Crippen molar-refractivity contribution in [3.05, 3.63) is 35.4 Å². The van der Waals surface area contributed by atoms with Crippen LogP contribution in [0.5, 0.6) is 0 Å². The molecule has 0 aromatic heterocycles. The summed E-state index contributed by atoms with van der Waals surface area (Å²) in [6.07, 6.45) is 4.14. The third-order valence-corrected chi connectivity index (χ3v) is 4.99. The number of aryl methyl sites for hydroxylation is 1. The standard InChI is InChI=1S/C17H27N3/c1-14-5-7-15(8-6-14)17(12-18)20-11-10-19-9-3-2-4-16(19)13-20/h5-8,16-17H,2-4,9-13,18H2,1H3. The van der Waals surface area contributed by atoms with Crippen LogP contribution in [0.15, 0.2) is 24.3 Å². The first kappa shape index (κ1) is 14.1. The Kier molecular flexibility index (Phi) is 4.39. The Morgan fingerprint density at radius 1 is 1.15 bits per heavy atom. The molecule has 1 aromatic rings. The highest BCUT2D eigenvalue weighted by atomic mass is 15.3. The fourth-order valence-electron chi connectivity index (χ4n) is 3.75. The molecule has 0 radical (unpaired) electrons. The summed E-state index contributed by atoms with van der Waals surface area (Å²) < 4.78 is 0. The van der Waals surface area contributed by atoms with Gasteiger partial charge in [0.05, 0.1) is 0 Å². The minimum Gasteiger partial charge on any atom is -0.329 e. The highest BCUT2D eigenvalue weighted by Crippen LogP contribution is 2.27.